The van der Waals surface area contributed by atoms with Crippen LogP contribution in [0.25, 0.3) is 15.9 Å². The van der Waals surface area contributed by atoms with Crippen molar-refractivity contribution in [3.63, 3.8) is 0 Å². The number of thioether (sulfide) groups is 1. The number of carbonyl (C=O) groups excluding carboxylic acids is 1. The van der Waals surface area contributed by atoms with Crippen LogP contribution in [0, 0.1) is 0 Å². The summed E-state index contributed by atoms with van der Waals surface area (Å²) in [6.07, 6.45) is 0. The van der Waals surface area contributed by atoms with Crippen LogP contribution in [0.5, 0.6) is 0 Å². The molecule has 4 aromatic rings. The van der Waals surface area contributed by atoms with Gasteiger partial charge in [-0.05, 0) is 53.9 Å². The molecule has 0 bridgehead atoms. The van der Waals surface area contributed by atoms with Gasteiger partial charge < -0.3 is 5.32 Å². The summed E-state index contributed by atoms with van der Waals surface area (Å²) in [6, 6.07) is 15.6. The number of benzene rings is 2. The molecule has 0 aliphatic carbocycles. The summed E-state index contributed by atoms with van der Waals surface area (Å²) < 4.78 is 2.07. The zero-order chi connectivity index (χ0) is 20.4. The van der Waals surface area contributed by atoms with Gasteiger partial charge in [-0.15, -0.1) is 11.3 Å². The van der Waals surface area contributed by atoms with Gasteiger partial charge in [-0.1, -0.05) is 41.0 Å². The molecule has 0 aliphatic heterocycles. The highest BCUT2D eigenvalue weighted by Gasteiger charge is 2.16. The number of hydrogen-bond donors (Lipinski definition) is 1. The molecule has 2 heterocycles. The van der Waals surface area contributed by atoms with E-state index < -0.39 is 0 Å². The molecule has 0 saturated heterocycles. The number of fused-ring (bicyclic) bond motifs is 1. The number of aromatic nitrogens is 2. The number of thiophene rings is 1. The molecular formula is C20H13Cl2N3O2S2. The summed E-state index contributed by atoms with van der Waals surface area (Å²) in [5.74, 6) is -0.137. The van der Waals surface area contributed by atoms with Crippen LogP contribution in [0.2, 0.25) is 10.0 Å². The van der Waals surface area contributed by atoms with E-state index in [1.54, 1.807) is 54.6 Å². The van der Waals surface area contributed by atoms with Gasteiger partial charge in [0.05, 0.1) is 17.0 Å². The van der Waals surface area contributed by atoms with E-state index in [1.807, 2.05) is 5.38 Å². The zero-order valence-corrected chi connectivity index (χ0v) is 17.9. The quantitative estimate of drug-likeness (QED) is 0.315. The molecule has 0 unspecified atom stereocenters. The summed E-state index contributed by atoms with van der Waals surface area (Å²) >= 11 is 14.5. The molecule has 0 fully saturated rings. The fourth-order valence-electron chi connectivity index (χ4n) is 2.70. The highest BCUT2D eigenvalue weighted by atomic mass is 35.5. The van der Waals surface area contributed by atoms with Crippen LogP contribution in [0.1, 0.15) is 0 Å². The molecule has 29 heavy (non-hydrogen) atoms. The minimum atomic E-state index is -0.223. The Morgan fingerprint density at radius 1 is 1.10 bits per heavy atom. The van der Waals surface area contributed by atoms with Crippen LogP contribution in [-0.4, -0.2) is 21.2 Å². The summed E-state index contributed by atoms with van der Waals surface area (Å²) in [5, 5.41) is 6.16. The van der Waals surface area contributed by atoms with Crippen LogP contribution in [0.4, 0.5) is 5.69 Å². The van der Waals surface area contributed by atoms with Crippen molar-refractivity contribution in [2.75, 3.05) is 11.1 Å². The van der Waals surface area contributed by atoms with Crippen molar-refractivity contribution in [3.8, 4) is 5.69 Å². The molecular weight excluding hydrogens is 449 g/mol. The summed E-state index contributed by atoms with van der Waals surface area (Å²) in [5.41, 5.74) is 1.69. The van der Waals surface area contributed by atoms with Gasteiger partial charge >= 0.3 is 0 Å². The lowest BCUT2D eigenvalue weighted by atomic mass is 10.3. The minimum absolute atomic E-state index is 0.0855. The molecule has 9 heteroatoms. The van der Waals surface area contributed by atoms with Crippen molar-refractivity contribution < 1.29 is 4.79 Å². The summed E-state index contributed by atoms with van der Waals surface area (Å²) in [4.78, 5) is 30.0. The van der Waals surface area contributed by atoms with E-state index in [0.29, 0.717) is 36.8 Å². The van der Waals surface area contributed by atoms with Gasteiger partial charge in [0.15, 0.2) is 5.16 Å². The third-order valence-electron chi connectivity index (χ3n) is 3.97. The molecule has 0 spiro atoms. The van der Waals surface area contributed by atoms with Crippen LogP contribution in [0.3, 0.4) is 0 Å². The maximum atomic E-state index is 13.0. The van der Waals surface area contributed by atoms with E-state index in [-0.39, 0.29) is 17.2 Å². The SMILES string of the molecule is O=C(CSc1nc2ccsc2c(=O)n1-c1ccc(Cl)cc1)Nc1cccc(Cl)c1. The average molecular weight is 462 g/mol. The second kappa shape index (κ2) is 8.59. The Morgan fingerprint density at radius 2 is 1.90 bits per heavy atom. The van der Waals surface area contributed by atoms with E-state index >= 15 is 0 Å². The predicted molar refractivity (Wildman–Crippen MR) is 121 cm³/mol. The lowest BCUT2D eigenvalue weighted by molar-refractivity contribution is -0.113. The summed E-state index contributed by atoms with van der Waals surface area (Å²) in [6.45, 7) is 0. The number of hydrogen-bond acceptors (Lipinski definition) is 5. The number of carbonyl (C=O) groups is 1. The molecule has 2 aromatic heterocycles. The van der Waals surface area contributed by atoms with Gasteiger partial charge in [0, 0.05) is 15.7 Å². The van der Waals surface area contributed by atoms with E-state index in [9.17, 15) is 9.59 Å². The zero-order valence-electron chi connectivity index (χ0n) is 14.8. The van der Waals surface area contributed by atoms with E-state index in [1.165, 1.54) is 27.7 Å². The van der Waals surface area contributed by atoms with Crippen molar-refractivity contribution in [2.24, 2.45) is 0 Å². The smallest absolute Gasteiger partial charge is 0.276 e. The molecule has 0 saturated carbocycles. The van der Waals surface area contributed by atoms with Crippen molar-refractivity contribution in [2.45, 2.75) is 5.16 Å². The molecule has 1 N–H and O–H groups in total. The Morgan fingerprint density at radius 3 is 2.66 bits per heavy atom. The highest BCUT2D eigenvalue weighted by molar-refractivity contribution is 7.99. The van der Waals surface area contributed by atoms with Gasteiger partial charge in [0.25, 0.3) is 5.56 Å². The molecule has 0 aliphatic rings. The topological polar surface area (TPSA) is 64.0 Å². The molecule has 146 valence electrons. The Bertz CT molecular complexity index is 1250. The number of halogens is 2. The number of amides is 1. The monoisotopic (exact) mass is 461 g/mol. The lowest BCUT2D eigenvalue weighted by Crippen LogP contribution is -2.22. The maximum absolute atomic E-state index is 13.0. The second-order valence-corrected chi connectivity index (χ2v) is 8.73. The summed E-state index contributed by atoms with van der Waals surface area (Å²) in [7, 11) is 0. The standard InChI is InChI=1S/C20H13Cl2N3O2S2/c21-12-4-6-15(7-5-12)25-19(27)18-16(8-9-28-18)24-20(25)29-11-17(26)23-14-3-1-2-13(22)10-14/h1-10H,11H2,(H,23,26). The van der Waals surface area contributed by atoms with Crippen molar-refractivity contribution in [1.82, 2.24) is 9.55 Å². The molecule has 2 aromatic carbocycles. The maximum Gasteiger partial charge on any atom is 0.276 e. The van der Waals surface area contributed by atoms with Gasteiger partial charge in [0.2, 0.25) is 5.91 Å². The van der Waals surface area contributed by atoms with Gasteiger partial charge in [-0.3, -0.25) is 14.2 Å². The Kier molecular flexibility index (Phi) is 5.91. The number of nitrogens with zero attached hydrogens (tertiary/aromatic N) is 2. The minimum Gasteiger partial charge on any atom is -0.325 e. The Labute approximate surface area is 184 Å². The number of nitrogens with one attached hydrogen (secondary N) is 1. The van der Waals surface area contributed by atoms with Crippen LogP contribution in [0.15, 0.2) is 69.9 Å². The number of rotatable bonds is 5. The first-order chi connectivity index (χ1) is 14.0. The van der Waals surface area contributed by atoms with Gasteiger partial charge in [0.1, 0.15) is 4.70 Å². The average Bonchev–Trinajstić information content (AvgIpc) is 3.16. The Hall–Kier alpha value is -2.32. The van der Waals surface area contributed by atoms with Crippen molar-refractivity contribution >= 4 is 68.1 Å². The Balaban J connectivity index is 1.64. The fraction of sp³-hybridized carbons (Fsp3) is 0.0500. The third-order valence-corrected chi connectivity index (χ3v) is 6.29. The van der Waals surface area contributed by atoms with E-state index in [0.717, 1.165) is 0 Å². The normalized spacial score (nSPS) is 11.0. The van der Waals surface area contributed by atoms with Crippen LogP contribution in [-0.2, 0) is 4.79 Å². The predicted octanol–water partition coefficient (Wildman–Crippen LogP) is 5.48. The second-order valence-electron chi connectivity index (χ2n) is 5.99. The first-order valence-electron chi connectivity index (χ1n) is 8.46. The molecule has 4 rings (SSSR count). The lowest BCUT2D eigenvalue weighted by Gasteiger charge is -2.12. The highest BCUT2D eigenvalue weighted by Crippen LogP contribution is 2.25. The van der Waals surface area contributed by atoms with E-state index in [2.05, 4.69) is 10.3 Å². The van der Waals surface area contributed by atoms with E-state index in [4.69, 9.17) is 23.2 Å². The van der Waals surface area contributed by atoms with Crippen LogP contribution >= 0.6 is 46.3 Å². The van der Waals surface area contributed by atoms with Crippen LogP contribution < -0.4 is 10.9 Å². The largest absolute Gasteiger partial charge is 0.325 e. The fourth-order valence-corrected chi connectivity index (χ4v) is 4.59. The molecule has 0 atom stereocenters. The molecule has 1 amide bonds. The first kappa shape index (κ1) is 20.0. The number of anilines is 1. The van der Waals surface area contributed by atoms with Crippen molar-refractivity contribution in [1.29, 1.82) is 0 Å². The van der Waals surface area contributed by atoms with Gasteiger partial charge in [-0.25, -0.2) is 4.98 Å². The van der Waals surface area contributed by atoms with Gasteiger partial charge in [-0.2, -0.15) is 0 Å². The van der Waals surface area contributed by atoms with Crippen molar-refractivity contribution in [3.05, 3.63) is 80.4 Å². The first-order valence-corrected chi connectivity index (χ1v) is 11.1. The molecule has 5 nitrogen and oxygen atoms in total. The molecule has 0 radical (unpaired) electrons. The third kappa shape index (κ3) is 4.48.